The number of carbonyl (C=O) groups is 1. The second kappa shape index (κ2) is 7.87. The minimum absolute atomic E-state index is 0.0926. The highest BCUT2D eigenvalue weighted by atomic mass is 16.3. The molecule has 0 saturated heterocycles. The Morgan fingerprint density at radius 3 is 2.64 bits per heavy atom. The zero-order valence-electron chi connectivity index (χ0n) is 12.2. The number of urea groups is 1. The van der Waals surface area contributed by atoms with Gasteiger partial charge in [0.1, 0.15) is 0 Å². The fourth-order valence-corrected chi connectivity index (χ4v) is 2.07. The highest BCUT2D eigenvalue weighted by Gasteiger charge is 2.13. The first kappa shape index (κ1) is 15.6. The van der Waals surface area contributed by atoms with E-state index in [0.29, 0.717) is 17.8 Å². The molecule has 2 aromatic carbocycles. The normalized spacial score (nSPS) is 9.82. The van der Waals surface area contributed by atoms with E-state index in [-0.39, 0.29) is 19.2 Å². The zero-order valence-corrected chi connectivity index (χ0v) is 12.2. The number of hydrogen-bond donors (Lipinski definition) is 2. The van der Waals surface area contributed by atoms with Gasteiger partial charge in [-0.3, -0.25) is 0 Å². The molecular formula is C18H18N2O2. The smallest absolute Gasteiger partial charge is 0.322 e. The number of benzene rings is 2. The molecule has 22 heavy (non-hydrogen) atoms. The van der Waals surface area contributed by atoms with Gasteiger partial charge in [-0.1, -0.05) is 42.3 Å². The number of anilines is 1. The summed E-state index contributed by atoms with van der Waals surface area (Å²) in [7, 11) is 0. The van der Waals surface area contributed by atoms with Crippen molar-refractivity contribution in [2.24, 2.45) is 0 Å². The molecule has 2 rings (SSSR count). The van der Waals surface area contributed by atoms with Crippen LogP contribution in [0.5, 0.6) is 0 Å². The van der Waals surface area contributed by atoms with E-state index in [9.17, 15) is 4.79 Å². The van der Waals surface area contributed by atoms with E-state index in [1.54, 1.807) is 29.2 Å². The van der Waals surface area contributed by atoms with Gasteiger partial charge in [-0.05, 0) is 23.8 Å². The van der Waals surface area contributed by atoms with Crippen LogP contribution in [-0.4, -0.2) is 29.2 Å². The Bertz CT molecular complexity index is 662. The van der Waals surface area contributed by atoms with Crippen molar-refractivity contribution in [1.29, 1.82) is 0 Å². The molecule has 2 aromatic rings. The quantitative estimate of drug-likeness (QED) is 0.833. The monoisotopic (exact) mass is 294 g/mol. The van der Waals surface area contributed by atoms with E-state index in [1.807, 2.05) is 30.3 Å². The lowest BCUT2D eigenvalue weighted by atomic mass is 10.2. The molecule has 0 aliphatic heterocycles. The van der Waals surface area contributed by atoms with E-state index >= 15 is 0 Å². The lowest BCUT2D eigenvalue weighted by molar-refractivity contribution is 0.185. The number of aliphatic hydroxyl groups is 1. The molecule has 4 nitrogen and oxygen atoms in total. The van der Waals surface area contributed by atoms with Crippen LogP contribution >= 0.6 is 0 Å². The molecule has 0 aromatic heterocycles. The minimum atomic E-state index is -0.271. The molecule has 0 aliphatic carbocycles. The number of hydrogen-bond acceptors (Lipinski definition) is 2. The Morgan fingerprint density at radius 2 is 1.95 bits per heavy atom. The number of terminal acetylenes is 1. The molecule has 2 amide bonds. The maximum absolute atomic E-state index is 12.4. The fraction of sp³-hybridized carbons (Fsp3) is 0.167. The number of amides is 2. The minimum Gasteiger partial charge on any atom is -0.395 e. The summed E-state index contributed by atoms with van der Waals surface area (Å²) in [4.78, 5) is 13.9. The van der Waals surface area contributed by atoms with Crippen LogP contribution in [0, 0.1) is 12.3 Å². The van der Waals surface area contributed by atoms with Crippen LogP contribution in [0.2, 0.25) is 0 Å². The second-order valence-corrected chi connectivity index (χ2v) is 4.79. The highest BCUT2D eigenvalue weighted by molar-refractivity contribution is 5.89. The first-order valence-electron chi connectivity index (χ1n) is 7.00. The van der Waals surface area contributed by atoms with Crippen molar-refractivity contribution in [2.45, 2.75) is 6.54 Å². The molecule has 0 aliphatic rings. The zero-order chi connectivity index (χ0) is 15.8. The first-order chi connectivity index (χ1) is 10.7. The van der Waals surface area contributed by atoms with Crippen LogP contribution in [0.4, 0.5) is 10.5 Å². The third-order valence-electron chi connectivity index (χ3n) is 3.15. The Balaban J connectivity index is 2.07. The van der Waals surface area contributed by atoms with Crippen molar-refractivity contribution < 1.29 is 9.90 Å². The number of carbonyl (C=O) groups excluding carboxylic acids is 1. The summed E-state index contributed by atoms with van der Waals surface area (Å²) in [5.74, 6) is 2.53. The SMILES string of the molecule is C#Cc1cccc(NC(=O)N(CCO)Cc2ccccc2)c1. The van der Waals surface area contributed by atoms with E-state index < -0.39 is 0 Å². The van der Waals surface area contributed by atoms with Gasteiger partial charge in [-0.25, -0.2) is 4.79 Å². The van der Waals surface area contributed by atoms with Gasteiger partial charge >= 0.3 is 6.03 Å². The van der Waals surface area contributed by atoms with Crippen molar-refractivity contribution in [1.82, 2.24) is 4.90 Å². The summed E-state index contributed by atoms with van der Waals surface area (Å²) < 4.78 is 0. The van der Waals surface area contributed by atoms with Crippen LogP contribution in [0.15, 0.2) is 54.6 Å². The Morgan fingerprint density at radius 1 is 1.18 bits per heavy atom. The maximum atomic E-state index is 12.4. The molecular weight excluding hydrogens is 276 g/mol. The average molecular weight is 294 g/mol. The van der Waals surface area contributed by atoms with E-state index in [0.717, 1.165) is 5.56 Å². The molecule has 0 heterocycles. The molecule has 0 saturated carbocycles. The first-order valence-corrected chi connectivity index (χ1v) is 7.00. The average Bonchev–Trinajstić information content (AvgIpc) is 2.55. The Hall–Kier alpha value is -2.77. The standard InChI is InChI=1S/C18H18N2O2/c1-2-15-9-6-10-17(13-15)19-18(22)20(11-12-21)14-16-7-4-3-5-8-16/h1,3-10,13,21H,11-12,14H2,(H,19,22). The highest BCUT2D eigenvalue weighted by Crippen LogP contribution is 2.12. The van der Waals surface area contributed by atoms with Crippen LogP contribution < -0.4 is 5.32 Å². The number of aliphatic hydroxyl groups excluding tert-OH is 1. The summed E-state index contributed by atoms with van der Waals surface area (Å²) >= 11 is 0. The predicted octanol–water partition coefficient (Wildman–Crippen LogP) is 2.69. The summed E-state index contributed by atoms with van der Waals surface area (Å²) in [5.41, 5.74) is 2.34. The largest absolute Gasteiger partial charge is 0.395 e. The van der Waals surface area contributed by atoms with Crippen molar-refractivity contribution in [3.8, 4) is 12.3 Å². The summed E-state index contributed by atoms with van der Waals surface area (Å²) in [6.45, 7) is 0.599. The Labute approximate surface area is 130 Å². The molecule has 0 atom stereocenters. The lowest BCUT2D eigenvalue weighted by Gasteiger charge is -2.22. The molecule has 0 bridgehead atoms. The van der Waals surface area contributed by atoms with Gasteiger partial charge in [0.25, 0.3) is 0 Å². The van der Waals surface area contributed by atoms with Gasteiger partial charge in [-0.15, -0.1) is 6.42 Å². The summed E-state index contributed by atoms with van der Waals surface area (Å²) in [6.07, 6.45) is 5.35. The van der Waals surface area contributed by atoms with Gasteiger partial charge in [-0.2, -0.15) is 0 Å². The second-order valence-electron chi connectivity index (χ2n) is 4.79. The molecule has 0 unspecified atom stereocenters. The van der Waals surface area contributed by atoms with Gasteiger partial charge in [0.2, 0.25) is 0 Å². The third-order valence-corrected chi connectivity index (χ3v) is 3.15. The third kappa shape index (κ3) is 4.37. The fourth-order valence-electron chi connectivity index (χ4n) is 2.07. The number of rotatable bonds is 5. The lowest BCUT2D eigenvalue weighted by Crippen LogP contribution is -2.36. The molecule has 4 heteroatoms. The van der Waals surface area contributed by atoms with Crippen LogP contribution in [0.3, 0.4) is 0 Å². The summed E-state index contributed by atoms with van der Waals surface area (Å²) in [5, 5.41) is 12.0. The van der Waals surface area contributed by atoms with Crippen molar-refractivity contribution >= 4 is 11.7 Å². The van der Waals surface area contributed by atoms with Crippen molar-refractivity contribution in [3.05, 3.63) is 65.7 Å². The van der Waals surface area contributed by atoms with Gasteiger partial charge in [0.05, 0.1) is 6.61 Å². The predicted molar refractivity (Wildman–Crippen MR) is 87.3 cm³/mol. The van der Waals surface area contributed by atoms with E-state index in [4.69, 9.17) is 11.5 Å². The van der Waals surface area contributed by atoms with E-state index in [1.165, 1.54) is 0 Å². The van der Waals surface area contributed by atoms with Gasteiger partial charge < -0.3 is 15.3 Å². The number of nitrogens with zero attached hydrogens (tertiary/aromatic N) is 1. The molecule has 112 valence electrons. The Kier molecular flexibility index (Phi) is 5.58. The number of nitrogens with one attached hydrogen (secondary N) is 1. The van der Waals surface area contributed by atoms with Crippen molar-refractivity contribution in [3.63, 3.8) is 0 Å². The van der Waals surface area contributed by atoms with Crippen LogP contribution in [-0.2, 0) is 6.54 Å². The topological polar surface area (TPSA) is 52.6 Å². The molecule has 0 radical (unpaired) electrons. The molecule has 2 N–H and O–H groups in total. The molecule has 0 spiro atoms. The van der Waals surface area contributed by atoms with Gasteiger partial charge in [0, 0.05) is 24.3 Å². The van der Waals surface area contributed by atoms with Crippen LogP contribution in [0.25, 0.3) is 0 Å². The van der Waals surface area contributed by atoms with Crippen molar-refractivity contribution in [2.75, 3.05) is 18.5 Å². The van der Waals surface area contributed by atoms with Gasteiger partial charge in [0.15, 0.2) is 0 Å². The molecule has 0 fully saturated rings. The summed E-state index contributed by atoms with van der Waals surface area (Å²) in [6, 6.07) is 16.5. The van der Waals surface area contributed by atoms with Crippen LogP contribution in [0.1, 0.15) is 11.1 Å². The maximum Gasteiger partial charge on any atom is 0.322 e. The van der Waals surface area contributed by atoms with E-state index in [2.05, 4.69) is 11.2 Å².